The van der Waals surface area contributed by atoms with Crippen LogP contribution in [-0.2, 0) is 7.05 Å². The van der Waals surface area contributed by atoms with Crippen molar-refractivity contribution in [1.82, 2.24) is 15.0 Å². The first kappa shape index (κ1) is 9.14. The third kappa shape index (κ3) is 2.97. The topological polar surface area (TPSA) is 30.7 Å². The third-order valence-electron chi connectivity index (χ3n) is 1.08. The molecule has 1 heterocycles. The molecule has 0 spiro atoms. The van der Waals surface area contributed by atoms with Crippen molar-refractivity contribution in [3.05, 3.63) is 11.9 Å². The van der Waals surface area contributed by atoms with Crippen molar-refractivity contribution in [3.8, 4) is 11.2 Å². The van der Waals surface area contributed by atoms with Crippen molar-refractivity contribution in [3.63, 3.8) is 0 Å². The molecule has 0 aliphatic carbocycles. The molecular formula is C8H13N3S. The lowest BCUT2D eigenvalue weighted by molar-refractivity contribution is 0.652. The van der Waals surface area contributed by atoms with Gasteiger partial charge >= 0.3 is 0 Å². The van der Waals surface area contributed by atoms with Gasteiger partial charge in [0.1, 0.15) is 0 Å². The molecule has 66 valence electrons. The van der Waals surface area contributed by atoms with Crippen LogP contribution >= 0.6 is 10.0 Å². The van der Waals surface area contributed by atoms with Crippen LogP contribution < -0.4 is 0 Å². The van der Waals surface area contributed by atoms with Gasteiger partial charge in [0.15, 0.2) is 5.69 Å². The van der Waals surface area contributed by atoms with E-state index in [4.69, 9.17) is 0 Å². The maximum Gasteiger partial charge on any atom is 0.156 e. The first-order valence-corrected chi connectivity index (χ1v) is 6.40. The lowest BCUT2D eigenvalue weighted by Gasteiger charge is -2.14. The van der Waals surface area contributed by atoms with Crippen molar-refractivity contribution in [2.75, 3.05) is 18.8 Å². The van der Waals surface area contributed by atoms with Crippen LogP contribution in [0.3, 0.4) is 0 Å². The highest BCUT2D eigenvalue weighted by molar-refractivity contribution is 8.35. The minimum absolute atomic E-state index is 0.750. The molecule has 0 fully saturated rings. The Labute approximate surface area is 74.5 Å². The zero-order valence-corrected chi connectivity index (χ0v) is 8.64. The maximum atomic E-state index is 4.06. The van der Waals surface area contributed by atoms with E-state index in [1.807, 2.05) is 0 Å². The largest absolute Gasteiger partial charge is 0.187 e. The van der Waals surface area contributed by atoms with Crippen LogP contribution in [0.4, 0.5) is 0 Å². The molecule has 0 N–H and O–H groups in total. The van der Waals surface area contributed by atoms with E-state index >= 15 is 0 Å². The molecule has 0 aliphatic rings. The lowest BCUT2D eigenvalue weighted by atomic mass is 10.5. The van der Waals surface area contributed by atoms with Gasteiger partial charge in [0.25, 0.3) is 0 Å². The Morgan fingerprint density at radius 1 is 1.42 bits per heavy atom. The van der Waals surface area contributed by atoms with Crippen molar-refractivity contribution in [1.29, 1.82) is 0 Å². The van der Waals surface area contributed by atoms with E-state index in [1.54, 1.807) is 13.2 Å². The number of aromatic nitrogens is 3. The predicted octanol–water partition coefficient (Wildman–Crippen LogP) is 0.818. The highest BCUT2D eigenvalue weighted by Gasteiger charge is 1.97. The van der Waals surface area contributed by atoms with Gasteiger partial charge in [-0.3, -0.25) is 0 Å². The van der Waals surface area contributed by atoms with E-state index in [0.29, 0.717) is 0 Å². The van der Waals surface area contributed by atoms with Gasteiger partial charge in [-0.15, -0.1) is 5.10 Å². The van der Waals surface area contributed by atoms with Gasteiger partial charge < -0.3 is 0 Å². The van der Waals surface area contributed by atoms with E-state index < -0.39 is 10.0 Å². The molecular weight excluding hydrogens is 170 g/mol. The molecule has 0 aliphatic heterocycles. The fraction of sp³-hybridized carbons (Fsp3) is 0.500. The summed E-state index contributed by atoms with van der Waals surface area (Å²) >= 11 is 0. The van der Waals surface area contributed by atoms with Crippen LogP contribution in [0, 0.1) is 11.2 Å². The highest BCUT2D eigenvalue weighted by atomic mass is 32.3. The van der Waals surface area contributed by atoms with Crippen LogP contribution in [0.2, 0.25) is 0 Å². The van der Waals surface area contributed by atoms with Crippen LogP contribution in [0.25, 0.3) is 0 Å². The second kappa shape index (κ2) is 3.20. The number of nitrogens with zero attached hydrogens (tertiary/aromatic N) is 3. The fourth-order valence-electron chi connectivity index (χ4n) is 0.608. The molecule has 0 amide bonds. The number of aryl methyl sites for hydroxylation is 1. The molecule has 3 nitrogen and oxygen atoms in total. The van der Waals surface area contributed by atoms with Gasteiger partial charge in [-0.1, -0.05) is 0 Å². The molecule has 0 radical (unpaired) electrons. The van der Waals surface area contributed by atoms with Crippen LogP contribution in [0.1, 0.15) is 5.69 Å². The molecule has 0 aromatic carbocycles. The Bertz CT molecular complexity index is 324. The summed E-state index contributed by atoms with van der Waals surface area (Å²) in [5.74, 6) is 3.00. The number of rotatable bonds is 0. The highest BCUT2D eigenvalue weighted by Crippen LogP contribution is 2.32. The van der Waals surface area contributed by atoms with Crippen molar-refractivity contribution in [2.45, 2.75) is 0 Å². The second-order valence-corrected chi connectivity index (χ2v) is 7.16. The molecule has 1 aromatic heterocycles. The summed E-state index contributed by atoms with van der Waals surface area (Å²) in [6.07, 6.45) is 8.13. The zero-order valence-electron chi connectivity index (χ0n) is 7.83. The van der Waals surface area contributed by atoms with E-state index in [1.165, 1.54) is 4.80 Å². The van der Waals surface area contributed by atoms with Gasteiger partial charge in [-0.25, -0.2) is 0 Å². The second-order valence-electron chi connectivity index (χ2n) is 3.28. The molecule has 4 heteroatoms. The van der Waals surface area contributed by atoms with E-state index in [9.17, 15) is 0 Å². The average Bonchev–Trinajstić information content (AvgIpc) is 2.30. The maximum absolute atomic E-state index is 4.06. The Morgan fingerprint density at radius 3 is 2.50 bits per heavy atom. The first-order valence-electron chi connectivity index (χ1n) is 3.55. The zero-order chi connectivity index (χ0) is 9.19. The normalized spacial score (nSPS) is 12.0. The summed E-state index contributed by atoms with van der Waals surface area (Å²) in [7, 11) is 1.04. The van der Waals surface area contributed by atoms with E-state index in [2.05, 4.69) is 40.1 Å². The van der Waals surface area contributed by atoms with Gasteiger partial charge in [0.2, 0.25) is 0 Å². The number of hydrogen-bond acceptors (Lipinski definition) is 2. The fourth-order valence-corrected chi connectivity index (χ4v) is 1.02. The Kier molecular flexibility index (Phi) is 2.43. The molecule has 0 saturated carbocycles. The van der Waals surface area contributed by atoms with Crippen LogP contribution in [0.15, 0.2) is 6.20 Å². The lowest BCUT2D eigenvalue weighted by Crippen LogP contribution is -1.92. The summed E-state index contributed by atoms with van der Waals surface area (Å²) < 4.78 is 0. The van der Waals surface area contributed by atoms with Crippen LogP contribution in [-0.4, -0.2) is 33.8 Å². The minimum Gasteiger partial charge on any atom is -0.187 e. The quantitative estimate of drug-likeness (QED) is 0.557. The Morgan fingerprint density at radius 2 is 2.08 bits per heavy atom. The summed E-state index contributed by atoms with van der Waals surface area (Å²) in [6, 6.07) is 0. The molecule has 0 atom stereocenters. The van der Waals surface area contributed by atoms with E-state index in [-0.39, 0.29) is 0 Å². The molecule has 0 unspecified atom stereocenters. The number of hydrogen-bond donors (Lipinski definition) is 0. The van der Waals surface area contributed by atoms with Gasteiger partial charge in [0, 0.05) is 7.05 Å². The SMILES string of the molecule is Cn1ncc(C#CS(C)(C)C)n1. The monoisotopic (exact) mass is 183 g/mol. The molecule has 1 aromatic rings. The van der Waals surface area contributed by atoms with Gasteiger partial charge in [-0.2, -0.15) is 19.9 Å². The summed E-state index contributed by atoms with van der Waals surface area (Å²) in [4.78, 5) is 1.52. The average molecular weight is 183 g/mol. The van der Waals surface area contributed by atoms with E-state index in [0.717, 1.165) is 5.69 Å². The summed E-state index contributed by atoms with van der Waals surface area (Å²) in [5.41, 5.74) is 0.750. The molecule has 0 bridgehead atoms. The van der Waals surface area contributed by atoms with Crippen molar-refractivity contribution < 1.29 is 0 Å². The Hall–Kier alpha value is -0.950. The standard InChI is InChI=1S/C8H13N3S/c1-11-9-7-8(10-11)5-6-12(2,3)4/h7H,1-4H3. The summed E-state index contributed by atoms with van der Waals surface area (Å²) in [5, 5.41) is 11.2. The van der Waals surface area contributed by atoms with Gasteiger partial charge in [0.05, 0.1) is 6.20 Å². The third-order valence-corrected chi connectivity index (χ3v) is 1.80. The van der Waals surface area contributed by atoms with Crippen LogP contribution in [0.5, 0.6) is 0 Å². The molecule has 0 saturated heterocycles. The first-order chi connectivity index (χ1) is 5.47. The summed E-state index contributed by atoms with van der Waals surface area (Å²) in [6.45, 7) is 0. The van der Waals surface area contributed by atoms with Crippen molar-refractivity contribution >= 4 is 10.0 Å². The molecule has 1 rings (SSSR count). The predicted molar refractivity (Wildman–Crippen MR) is 53.2 cm³/mol. The van der Waals surface area contributed by atoms with Gasteiger partial charge in [-0.05, 0) is 29.9 Å². The Balaban J connectivity index is 2.80. The van der Waals surface area contributed by atoms with Crippen molar-refractivity contribution in [2.24, 2.45) is 7.05 Å². The minimum atomic E-state index is -0.751. The molecule has 12 heavy (non-hydrogen) atoms. The smallest absolute Gasteiger partial charge is 0.156 e.